The molecule has 4 aromatic carbocycles. The first-order valence-electron chi connectivity index (χ1n) is 14.7. The molecule has 7 rings (SSSR count). The number of anilines is 2. The summed E-state index contributed by atoms with van der Waals surface area (Å²) in [6, 6.07) is 28.1. The molecular weight excluding hydrogens is 536 g/mol. The van der Waals surface area contributed by atoms with Gasteiger partial charge in [-0.25, -0.2) is 9.80 Å². The fraction of sp³-hybridized carbons (Fsp3) is 0.243. The molecule has 2 aliphatic heterocycles. The average molecular weight is 569 g/mol. The van der Waals surface area contributed by atoms with Gasteiger partial charge >= 0.3 is 0 Å². The molecule has 1 aliphatic carbocycles. The summed E-state index contributed by atoms with van der Waals surface area (Å²) in [5.41, 5.74) is 5.59. The molecule has 2 fully saturated rings. The summed E-state index contributed by atoms with van der Waals surface area (Å²) in [6.07, 6.45) is 0.153. The van der Waals surface area contributed by atoms with Crippen LogP contribution in [-0.4, -0.2) is 23.6 Å². The summed E-state index contributed by atoms with van der Waals surface area (Å²) >= 11 is 0. The van der Waals surface area contributed by atoms with Crippen LogP contribution in [0.1, 0.15) is 50.8 Å². The third kappa shape index (κ3) is 3.86. The average Bonchev–Trinajstić information content (AvgIpc) is 3.38. The van der Waals surface area contributed by atoms with Crippen molar-refractivity contribution in [1.29, 1.82) is 0 Å². The molecule has 2 saturated heterocycles. The molecule has 0 aromatic heterocycles. The van der Waals surface area contributed by atoms with E-state index in [9.17, 15) is 14.4 Å². The van der Waals surface area contributed by atoms with Gasteiger partial charge < -0.3 is 0 Å². The third-order valence-electron chi connectivity index (χ3n) is 9.53. The smallest absolute Gasteiger partial charge is 0.242 e. The number of benzene rings is 4. The Bertz CT molecular complexity index is 1820. The van der Waals surface area contributed by atoms with Crippen LogP contribution in [-0.2, 0) is 25.6 Å². The van der Waals surface area contributed by atoms with E-state index in [4.69, 9.17) is 0 Å². The van der Waals surface area contributed by atoms with Crippen LogP contribution in [0.2, 0.25) is 0 Å². The lowest BCUT2D eigenvalue weighted by atomic mass is 9.54. The lowest BCUT2D eigenvalue weighted by Gasteiger charge is -2.43. The predicted octanol–water partition coefficient (Wildman–Crippen LogP) is 6.09. The van der Waals surface area contributed by atoms with Crippen molar-refractivity contribution >= 4 is 35.0 Å². The van der Waals surface area contributed by atoms with Crippen molar-refractivity contribution in [2.75, 3.05) is 9.80 Å². The van der Waals surface area contributed by atoms with E-state index >= 15 is 4.79 Å². The Morgan fingerprint density at radius 2 is 1.07 bits per heavy atom. The van der Waals surface area contributed by atoms with Crippen LogP contribution in [0.5, 0.6) is 0 Å². The Hall–Kier alpha value is -4.84. The number of carbonyl (C=O) groups is 4. The molecule has 4 amide bonds. The van der Waals surface area contributed by atoms with Crippen molar-refractivity contribution in [3.63, 3.8) is 0 Å². The molecule has 0 spiro atoms. The summed E-state index contributed by atoms with van der Waals surface area (Å²) in [5, 5.41) is 0. The maximum absolute atomic E-state index is 15.0. The van der Waals surface area contributed by atoms with E-state index in [2.05, 4.69) is 0 Å². The molecule has 43 heavy (non-hydrogen) atoms. The van der Waals surface area contributed by atoms with E-state index in [1.54, 1.807) is 24.3 Å². The SMILES string of the molecule is Cc1ccc(C[C@]23C(=O)N(c4ccc(C)cc4)C(=O)[C@@H]2c2cc(C)ccc2[C@@H]2C(=O)N(c4ccc(C)cc4)C(=O)[C@@H]23)cc1. The fourth-order valence-corrected chi connectivity index (χ4v) is 7.45. The Morgan fingerprint density at radius 1 is 0.558 bits per heavy atom. The predicted molar refractivity (Wildman–Crippen MR) is 165 cm³/mol. The van der Waals surface area contributed by atoms with Gasteiger partial charge in [0.05, 0.1) is 34.5 Å². The van der Waals surface area contributed by atoms with Crippen LogP contribution in [0.15, 0.2) is 91.0 Å². The Kier molecular flexibility index (Phi) is 6.03. The lowest BCUT2D eigenvalue weighted by Crippen LogP contribution is -2.51. The van der Waals surface area contributed by atoms with E-state index in [1.807, 2.05) is 94.4 Å². The van der Waals surface area contributed by atoms with E-state index in [-0.39, 0.29) is 18.2 Å². The van der Waals surface area contributed by atoms with Gasteiger partial charge in [0.2, 0.25) is 23.6 Å². The number of amides is 4. The van der Waals surface area contributed by atoms with E-state index in [0.29, 0.717) is 22.5 Å². The summed E-state index contributed by atoms with van der Waals surface area (Å²) in [6.45, 7) is 7.82. The second-order valence-electron chi connectivity index (χ2n) is 12.4. The molecule has 0 N–H and O–H groups in total. The van der Waals surface area contributed by atoms with Gasteiger partial charge in [-0.05, 0) is 75.1 Å². The van der Waals surface area contributed by atoms with Gasteiger partial charge in [0.1, 0.15) is 0 Å². The topological polar surface area (TPSA) is 74.8 Å². The molecule has 0 radical (unpaired) electrons. The third-order valence-corrected chi connectivity index (χ3v) is 9.53. The van der Waals surface area contributed by atoms with Gasteiger partial charge in [-0.3, -0.25) is 19.2 Å². The highest BCUT2D eigenvalue weighted by Gasteiger charge is 2.73. The number of imide groups is 2. The number of carbonyl (C=O) groups excluding carboxylic acids is 4. The van der Waals surface area contributed by atoms with Gasteiger partial charge in [0, 0.05) is 0 Å². The zero-order chi connectivity index (χ0) is 30.2. The minimum Gasteiger partial charge on any atom is -0.274 e. The maximum atomic E-state index is 15.0. The molecule has 3 aliphatic rings. The Balaban J connectivity index is 1.50. The molecule has 0 unspecified atom stereocenters. The van der Waals surface area contributed by atoms with Crippen molar-refractivity contribution in [3.8, 4) is 0 Å². The molecule has 0 saturated carbocycles. The van der Waals surface area contributed by atoms with Crippen molar-refractivity contribution < 1.29 is 19.2 Å². The first-order valence-corrected chi connectivity index (χ1v) is 14.7. The van der Waals surface area contributed by atoms with Crippen LogP contribution in [0.25, 0.3) is 0 Å². The Morgan fingerprint density at radius 3 is 1.65 bits per heavy atom. The highest BCUT2D eigenvalue weighted by Crippen LogP contribution is 2.63. The number of rotatable bonds is 4. The summed E-state index contributed by atoms with van der Waals surface area (Å²) in [4.78, 5) is 61.2. The zero-order valence-electron chi connectivity index (χ0n) is 24.6. The molecule has 6 heteroatoms. The number of hydrogen-bond donors (Lipinski definition) is 0. The first-order chi connectivity index (χ1) is 20.6. The number of fused-ring (bicyclic) bond motifs is 6. The first kappa shape index (κ1) is 27.0. The number of nitrogens with zero attached hydrogens (tertiary/aromatic N) is 2. The highest BCUT2D eigenvalue weighted by molar-refractivity contribution is 6.31. The summed E-state index contributed by atoms with van der Waals surface area (Å²) in [7, 11) is 0. The minimum absolute atomic E-state index is 0.153. The van der Waals surface area contributed by atoms with Crippen LogP contribution < -0.4 is 9.80 Å². The molecule has 4 atom stereocenters. The second kappa shape index (κ2) is 9.60. The summed E-state index contributed by atoms with van der Waals surface area (Å²) < 4.78 is 0. The van der Waals surface area contributed by atoms with Crippen LogP contribution in [0, 0.1) is 39.0 Å². The van der Waals surface area contributed by atoms with Crippen molar-refractivity contribution in [2.45, 2.75) is 46.0 Å². The van der Waals surface area contributed by atoms with Gasteiger partial charge in [0.15, 0.2) is 0 Å². The molecule has 6 nitrogen and oxygen atoms in total. The molecule has 0 bridgehead atoms. The standard InChI is InChI=1S/C37H32N2O4/c1-21-5-12-25(13-6-21)20-37-31(34(41)39(36(37)43)27-16-9-23(3)10-17-27)29-19-24(4)11-18-28(29)30-32(37)35(42)38(33(30)40)26-14-7-22(2)8-15-26/h5-19,30-32H,20H2,1-4H3/t30-,31-,32+,37-/m0/s1. The molecule has 214 valence electrons. The van der Waals surface area contributed by atoms with E-state index < -0.39 is 35.0 Å². The largest absolute Gasteiger partial charge is 0.274 e. The number of hydrogen-bond acceptors (Lipinski definition) is 4. The van der Waals surface area contributed by atoms with Gasteiger partial charge in [-0.15, -0.1) is 0 Å². The van der Waals surface area contributed by atoms with E-state index in [0.717, 1.165) is 27.8 Å². The van der Waals surface area contributed by atoms with Gasteiger partial charge in [-0.2, -0.15) is 0 Å². The fourth-order valence-electron chi connectivity index (χ4n) is 7.45. The van der Waals surface area contributed by atoms with Crippen molar-refractivity contribution in [1.82, 2.24) is 0 Å². The minimum atomic E-state index is -1.49. The quantitative estimate of drug-likeness (QED) is 0.279. The highest BCUT2D eigenvalue weighted by atomic mass is 16.2. The van der Waals surface area contributed by atoms with E-state index in [1.165, 1.54) is 9.80 Å². The van der Waals surface area contributed by atoms with Gasteiger partial charge in [-0.1, -0.05) is 89.0 Å². The van der Waals surface area contributed by atoms with Crippen LogP contribution >= 0.6 is 0 Å². The summed E-state index contributed by atoms with van der Waals surface area (Å²) in [5.74, 6) is -4.45. The molecular formula is C37H32N2O4. The van der Waals surface area contributed by atoms with Crippen molar-refractivity contribution in [2.24, 2.45) is 11.3 Å². The number of aryl methyl sites for hydroxylation is 4. The lowest BCUT2D eigenvalue weighted by molar-refractivity contribution is -0.138. The Labute approximate surface area is 250 Å². The molecule has 2 heterocycles. The maximum Gasteiger partial charge on any atom is 0.242 e. The van der Waals surface area contributed by atoms with Gasteiger partial charge in [0.25, 0.3) is 0 Å². The zero-order valence-corrected chi connectivity index (χ0v) is 24.6. The monoisotopic (exact) mass is 568 g/mol. The molecule has 4 aromatic rings. The normalized spacial score (nSPS) is 24.3. The van der Waals surface area contributed by atoms with Crippen LogP contribution in [0.3, 0.4) is 0 Å². The second-order valence-corrected chi connectivity index (χ2v) is 12.4. The van der Waals surface area contributed by atoms with Crippen molar-refractivity contribution in [3.05, 3.63) is 130 Å². The van der Waals surface area contributed by atoms with Crippen LogP contribution in [0.4, 0.5) is 11.4 Å².